The largest absolute Gasteiger partial charge is 0.467 e. The predicted molar refractivity (Wildman–Crippen MR) is 119 cm³/mol. The lowest BCUT2D eigenvalue weighted by Gasteiger charge is -2.27. The van der Waals surface area contributed by atoms with E-state index in [1.807, 2.05) is 13.8 Å². The first-order chi connectivity index (χ1) is 14.2. The zero-order chi connectivity index (χ0) is 21.5. The summed E-state index contributed by atoms with van der Waals surface area (Å²) in [6, 6.07) is 3.23. The lowest BCUT2D eigenvalue weighted by atomic mass is 10.2. The van der Waals surface area contributed by atoms with Gasteiger partial charge in [-0.3, -0.25) is 4.79 Å². The summed E-state index contributed by atoms with van der Waals surface area (Å²) in [4.78, 5) is 26.1. The van der Waals surface area contributed by atoms with Gasteiger partial charge in [0.15, 0.2) is 9.84 Å². The smallest absolute Gasteiger partial charge is 0.233 e. The maximum atomic E-state index is 13.2. The summed E-state index contributed by atoms with van der Waals surface area (Å²) in [5, 5.41) is 1.80. The normalized spacial score (nSPS) is 18.2. The third-order valence-corrected chi connectivity index (χ3v) is 9.13. The van der Waals surface area contributed by atoms with Crippen molar-refractivity contribution >= 4 is 49.1 Å². The zero-order valence-corrected chi connectivity index (χ0v) is 19.5. The van der Waals surface area contributed by atoms with Gasteiger partial charge in [0.1, 0.15) is 21.4 Å². The Morgan fingerprint density at radius 1 is 1.33 bits per heavy atom. The van der Waals surface area contributed by atoms with Crippen LogP contribution in [0, 0.1) is 20.8 Å². The third-order valence-electron chi connectivity index (χ3n) is 5.32. The fraction of sp³-hybridized carbons (Fsp3) is 0.450. The number of nitrogens with zero attached hydrogens (tertiary/aromatic N) is 3. The molecule has 1 atom stereocenters. The van der Waals surface area contributed by atoms with Crippen molar-refractivity contribution in [3.8, 4) is 0 Å². The molecule has 1 amide bonds. The van der Waals surface area contributed by atoms with Gasteiger partial charge in [-0.1, -0.05) is 11.8 Å². The molecule has 4 rings (SSSR count). The Balaban J connectivity index is 1.56. The van der Waals surface area contributed by atoms with E-state index in [2.05, 4.69) is 16.9 Å². The van der Waals surface area contributed by atoms with Crippen LogP contribution in [0.1, 0.15) is 28.4 Å². The Morgan fingerprint density at radius 3 is 2.80 bits per heavy atom. The maximum Gasteiger partial charge on any atom is 0.233 e. The number of carbonyl (C=O) groups is 1. The van der Waals surface area contributed by atoms with E-state index in [1.165, 1.54) is 16.6 Å². The van der Waals surface area contributed by atoms with Gasteiger partial charge in [0.05, 0.1) is 30.1 Å². The van der Waals surface area contributed by atoms with Crippen molar-refractivity contribution in [2.75, 3.05) is 17.3 Å². The van der Waals surface area contributed by atoms with Crippen LogP contribution in [0.3, 0.4) is 0 Å². The van der Waals surface area contributed by atoms with Gasteiger partial charge in [-0.05, 0) is 44.9 Å². The first-order valence-corrected chi connectivity index (χ1v) is 13.3. The number of amides is 1. The van der Waals surface area contributed by atoms with Crippen LogP contribution in [-0.2, 0) is 21.2 Å². The van der Waals surface area contributed by atoms with Crippen molar-refractivity contribution in [1.29, 1.82) is 0 Å². The molecular weight excluding hydrogens is 442 g/mol. The average molecular weight is 466 g/mol. The van der Waals surface area contributed by atoms with Crippen molar-refractivity contribution in [2.24, 2.45) is 0 Å². The van der Waals surface area contributed by atoms with Gasteiger partial charge in [-0.15, -0.1) is 11.3 Å². The van der Waals surface area contributed by atoms with E-state index in [1.54, 1.807) is 34.6 Å². The summed E-state index contributed by atoms with van der Waals surface area (Å²) in [5.74, 6) is 1.50. The number of carbonyl (C=O) groups excluding carboxylic acids is 1. The van der Waals surface area contributed by atoms with Gasteiger partial charge >= 0.3 is 0 Å². The second-order valence-electron chi connectivity index (χ2n) is 7.49. The minimum absolute atomic E-state index is 0.00378. The van der Waals surface area contributed by atoms with Crippen LogP contribution < -0.4 is 0 Å². The van der Waals surface area contributed by atoms with E-state index in [-0.39, 0.29) is 35.8 Å². The first-order valence-electron chi connectivity index (χ1n) is 9.63. The molecule has 0 saturated carbocycles. The lowest BCUT2D eigenvalue weighted by molar-refractivity contribution is -0.131. The van der Waals surface area contributed by atoms with Crippen LogP contribution in [-0.4, -0.2) is 52.5 Å². The van der Waals surface area contributed by atoms with Crippen LogP contribution in [0.4, 0.5) is 0 Å². The van der Waals surface area contributed by atoms with Crippen LogP contribution in [0.25, 0.3) is 10.2 Å². The number of furan rings is 1. The minimum atomic E-state index is -3.11. The van der Waals surface area contributed by atoms with Crippen molar-refractivity contribution in [3.63, 3.8) is 0 Å². The molecular formula is C20H23N3O4S3. The molecule has 4 heterocycles. The van der Waals surface area contributed by atoms with Gasteiger partial charge in [-0.25, -0.2) is 18.4 Å². The van der Waals surface area contributed by atoms with Gasteiger partial charge in [0.25, 0.3) is 0 Å². The van der Waals surface area contributed by atoms with Crippen LogP contribution >= 0.6 is 23.1 Å². The van der Waals surface area contributed by atoms with E-state index < -0.39 is 9.84 Å². The summed E-state index contributed by atoms with van der Waals surface area (Å²) < 4.78 is 29.4. The summed E-state index contributed by atoms with van der Waals surface area (Å²) in [7, 11) is -3.11. The Morgan fingerprint density at radius 2 is 2.13 bits per heavy atom. The minimum Gasteiger partial charge on any atom is -0.467 e. The van der Waals surface area contributed by atoms with Gasteiger partial charge in [0.2, 0.25) is 5.91 Å². The number of thioether (sulfide) groups is 1. The Bertz CT molecular complexity index is 1190. The van der Waals surface area contributed by atoms with Crippen LogP contribution in [0.2, 0.25) is 0 Å². The average Bonchev–Trinajstić information content (AvgIpc) is 3.38. The number of rotatable bonds is 6. The van der Waals surface area contributed by atoms with Crippen molar-refractivity contribution in [3.05, 3.63) is 40.4 Å². The van der Waals surface area contributed by atoms with Crippen LogP contribution in [0.15, 0.2) is 27.8 Å². The molecule has 0 aromatic carbocycles. The summed E-state index contributed by atoms with van der Waals surface area (Å²) in [5.41, 5.74) is 1.14. The molecule has 1 saturated heterocycles. The molecule has 7 nitrogen and oxygen atoms in total. The monoisotopic (exact) mass is 465 g/mol. The highest BCUT2D eigenvalue weighted by molar-refractivity contribution is 8.00. The topological polar surface area (TPSA) is 93.4 Å². The molecule has 160 valence electrons. The van der Waals surface area contributed by atoms with E-state index in [4.69, 9.17) is 4.42 Å². The molecule has 1 aliphatic heterocycles. The number of thiophene rings is 1. The SMILES string of the molecule is Cc1nc(SCC(=O)N(Cc2ccco2)[C@H]2CCS(=O)(=O)C2)c2c(C)c(C)sc2n1. The molecule has 0 radical (unpaired) electrons. The zero-order valence-electron chi connectivity index (χ0n) is 17.0. The second-order valence-corrected chi connectivity index (χ2v) is 11.9. The number of sulfone groups is 1. The third kappa shape index (κ3) is 4.40. The number of aromatic nitrogens is 2. The molecule has 1 fully saturated rings. The Hall–Kier alpha value is -1.91. The quantitative estimate of drug-likeness (QED) is 0.406. The lowest BCUT2D eigenvalue weighted by Crippen LogP contribution is -2.41. The van der Waals surface area contributed by atoms with E-state index >= 15 is 0 Å². The highest BCUT2D eigenvalue weighted by Crippen LogP contribution is 2.35. The van der Waals surface area contributed by atoms with E-state index in [0.29, 0.717) is 18.0 Å². The summed E-state index contributed by atoms with van der Waals surface area (Å²) >= 11 is 3.02. The Kier molecular flexibility index (Phi) is 5.91. The van der Waals surface area contributed by atoms with Gasteiger partial charge < -0.3 is 9.32 Å². The maximum absolute atomic E-state index is 13.2. The summed E-state index contributed by atoms with van der Waals surface area (Å²) in [6.45, 7) is 6.22. The fourth-order valence-electron chi connectivity index (χ4n) is 3.64. The highest BCUT2D eigenvalue weighted by Gasteiger charge is 2.35. The number of aryl methyl sites for hydroxylation is 3. The molecule has 0 spiro atoms. The summed E-state index contributed by atoms with van der Waals surface area (Å²) in [6.07, 6.45) is 2.01. The van der Waals surface area contributed by atoms with E-state index in [9.17, 15) is 13.2 Å². The standard InChI is InChI=1S/C20H23N3O4S3/c1-12-13(2)29-20-18(12)19(21-14(3)22-20)28-10-17(24)23(9-16-5-4-7-27-16)15-6-8-30(25,26)11-15/h4-5,7,15H,6,8-11H2,1-3H3/t15-/m0/s1. The number of hydrogen-bond acceptors (Lipinski definition) is 8. The predicted octanol–water partition coefficient (Wildman–Crippen LogP) is 3.52. The van der Waals surface area contributed by atoms with Gasteiger partial charge in [-0.2, -0.15) is 0 Å². The second kappa shape index (κ2) is 8.32. The van der Waals surface area contributed by atoms with Crippen molar-refractivity contribution in [2.45, 2.75) is 44.8 Å². The Labute approximate surface area is 183 Å². The molecule has 0 aliphatic carbocycles. The first kappa shape index (κ1) is 21.3. The molecule has 10 heteroatoms. The van der Waals surface area contributed by atoms with E-state index in [0.717, 1.165) is 20.8 Å². The fourth-order valence-corrected chi connectivity index (χ4v) is 7.53. The highest BCUT2D eigenvalue weighted by atomic mass is 32.2. The number of fused-ring (bicyclic) bond motifs is 1. The molecule has 1 aliphatic rings. The number of hydrogen-bond donors (Lipinski definition) is 0. The molecule has 0 bridgehead atoms. The molecule has 3 aromatic heterocycles. The van der Waals surface area contributed by atoms with Crippen LogP contribution in [0.5, 0.6) is 0 Å². The van der Waals surface area contributed by atoms with Crippen molar-refractivity contribution < 1.29 is 17.6 Å². The van der Waals surface area contributed by atoms with Gasteiger partial charge in [0, 0.05) is 16.3 Å². The molecule has 0 N–H and O–H groups in total. The molecule has 0 unspecified atom stereocenters. The van der Waals surface area contributed by atoms with Crippen molar-refractivity contribution in [1.82, 2.24) is 14.9 Å². The molecule has 3 aromatic rings. The molecule has 30 heavy (non-hydrogen) atoms.